The van der Waals surface area contributed by atoms with E-state index >= 15 is 0 Å². The van der Waals surface area contributed by atoms with Gasteiger partial charge >= 0.3 is 0 Å². The van der Waals surface area contributed by atoms with Crippen LogP contribution in [0.5, 0.6) is 0 Å². The van der Waals surface area contributed by atoms with Crippen molar-refractivity contribution in [1.82, 2.24) is 0 Å². The average Bonchev–Trinajstić information content (AvgIpc) is 2.01. The van der Waals surface area contributed by atoms with Crippen molar-refractivity contribution in [2.75, 3.05) is 6.54 Å². The van der Waals surface area contributed by atoms with Gasteiger partial charge in [-0.1, -0.05) is 46.1 Å². The molecule has 0 aromatic rings. The van der Waals surface area contributed by atoms with E-state index in [1.807, 2.05) is 0 Å². The van der Waals surface area contributed by atoms with Crippen LogP contribution in [0.4, 0.5) is 0 Å². The highest BCUT2D eigenvalue weighted by molar-refractivity contribution is 4.64. The van der Waals surface area contributed by atoms with Crippen LogP contribution in [0.15, 0.2) is 12.7 Å². The lowest BCUT2D eigenvalue weighted by atomic mass is 10.1. The van der Waals surface area contributed by atoms with Crippen molar-refractivity contribution in [1.29, 1.82) is 0 Å². The first-order valence-corrected chi connectivity index (χ1v) is 4.49. The van der Waals surface area contributed by atoms with Crippen LogP contribution in [0.2, 0.25) is 0 Å². The fourth-order valence-electron chi connectivity index (χ4n) is 0.612. The van der Waals surface area contributed by atoms with Crippen LogP contribution in [-0.2, 0) is 0 Å². The molecule has 0 aromatic carbocycles. The minimum Gasteiger partial charge on any atom is -0.327 e. The molecule has 0 aromatic heterocycles. The highest BCUT2D eigenvalue weighted by Crippen LogP contribution is 2.04. The Bertz CT molecular complexity index is 67.3. The van der Waals surface area contributed by atoms with Crippen molar-refractivity contribution in [3.05, 3.63) is 12.7 Å². The van der Waals surface area contributed by atoms with Crippen LogP contribution in [0, 0.1) is 5.92 Å². The van der Waals surface area contributed by atoms with Crippen molar-refractivity contribution in [2.24, 2.45) is 11.7 Å². The first kappa shape index (κ1) is 13.3. The van der Waals surface area contributed by atoms with Crippen LogP contribution in [-0.4, -0.2) is 6.54 Å². The summed E-state index contributed by atoms with van der Waals surface area (Å²) in [7, 11) is 0. The summed E-state index contributed by atoms with van der Waals surface area (Å²) in [6.45, 7) is 10.7. The Morgan fingerprint density at radius 1 is 1.45 bits per heavy atom. The molecule has 1 nitrogen and oxygen atoms in total. The fourth-order valence-corrected chi connectivity index (χ4v) is 0.612. The Kier molecular flexibility index (Phi) is 15.0. The third-order valence-electron chi connectivity index (χ3n) is 1.30. The van der Waals surface area contributed by atoms with Gasteiger partial charge in [0.05, 0.1) is 0 Å². The smallest absolute Gasteiger partial charge is 0.0104 e. The van der Waals surface area contributed by atoms with Crippen LogP contribution < -0.4 is 5.73 Å². The summed E-state index contributed by atoms with van der Waals surface area (Å²) >= 11 is 0. The first-order valence-electron chi connectivity index (χ1n) is 4.49. The molecule has 0 aliphatic carbocycles. The van der Waals surface area contributed by atoms with Gasteiger partial charge in [0.25, 0.3) is 0 Å². The Morgan fingerprint density at radius 2 is 1.91 bits per heavy atom. The van der Waals surface area contributed by atoms with Crippen LogP contribution in [0.25, 0.3) is 0 Å². The van der Waals surface area contributed by atoms with Gasteiger partial charge < -0.3 is 5.73 Å². The van der Waals surface area contributed by atoms with E-state index in [0.29, 0.717) is 6.54 Å². The average molecular weight is 157 g/mol. The molecule has 0 atom stereocenters. The van der Waals surface area contributed by atoms with Crippen molar-refractivity contribution in [3.63, 3.8) is 0 Å². The van der Waals surface area contributed by atoms with E-state index in [1.54, 1.807) is 6.08 Å². The second-order valence-electron chi connectivity index (χ2n) is 3.06. The molecule has 0 spiro atoms. The molecule has 2 N–H and O–H groups in total. The Labute approximate surface area is 71.7 Å². The molecule has 1 heteroatoms. The number of hydrogen-bond donors (Lipinski definition) is 1. The second-order valence-corrected chi connectivity index (χ2v) is 3.06. The number of unbranched alkanes of at least 4 members (excludes halogenated alkanes) is 1. The zero-order valence-electron chi connectivity index (χ0n) is 8.27. The van der Waals surface area contributed by atoms with Crippen molar-refractivity contribution in [3.8, 4) is 0 Å². The zero-order chi connectivity index (χ0) is 9.11. The molecular formula is C10H23N. The zero-order valence-corrected chi connectivity index (χ0v) is 8.27. The maximum absolute atomic E-state index is 4.91. The van der Waals surface area contributed by atoms with Gasteiger partial charge in [-0.25, -0.2) is 0 Å². The van der Waals surface area contributed by atoms with Crippen LogP contribution in [0.1, 0.15) is 40.0 Å². The van der Waals surface area contributed by atoms with Gasteiger partial charge in [-0.3, -0.25) is 0 Å². The monoisotopic (exact) mass is 157 g/mol. The molecular weight excluding hydrogens is 134 g/mol. The lowest BCUT2D eigenvalue weighted by Crippen LogP contribution is -1.90. The number of nitrogens with two attached hydrogens (primary N) is 1. The van der Waals surface area contributed by atoms with E-state index in [4.69, 9.17) is 5.73 Å². The summed E-state index contributed by atoms with van der Waals surface area (Å²) in [5, 5.41) is 0. The number of hydrogen-bond acceptors (Lipinski definition) is 1. The molecule has 0 radical (unpaired) electrons. The number of rotatable bonds is 4. The molecule has 68 valence electrons. The van der Waals surface area contributed by atoms with Gasteiger partial charge in [-0.05, 0) is 5.92 Å². The summed E-state index contributed by atoms with van der Waals surface area (Å²) in [6, 6.07) is 0. The highest BCUT2D eigenvalue weighted by Gasteiger charge is 1.88. The Morgan fingerprint density at radius 3 is 2.00 bits per heavy atom. The minimum absolute atomic E-state index is 0.583. The van der Waals surface area contributed by atoms with Gasteiger partial charge in [0.2, 0.25) is 0 Å². The predicted molar refractivity (Wildman–Crippen MR) is 53.6 cm³/mol. The third-order valence-corrected chi connectivity index (χ3v) is 1.30. The minimum atomic E-state index is 0.583. The predicted octanol–water partition coefficient (Wildman–Crippen LogP) is 2.96. The van der Waals surface area contributed by atoms with E-state index in [9.17, 15) is 0 Å². The maximum atomic E-state index is 4.91. The van der Waals surface area contributed by atoms with Crippen LogP contribution >= 0.6 is 0 Å². The Hall–Kier alpha value is -0.300. The van der Waals surface area contributed by atoms with Gasteiger partial charge in [0, 0.05) is 6.54 Å². The molecule has 0 aliphatic rings. The van der Waals surface area contributed by atoms with Crippen molar-refractivity contribution < 1.29 is 0 Å². The topological polar surface area (TPSA) is 26.0 Å². The fraction of sp³-hybridized carbons (Fsp3) is 0.800. The summed E-state index contributed by atoms with van der Waals surface area (Å²) in [4.78, 5) is 0. The molecule has 0 amide bonds. The molecule has 0 fully saturated rings. The summed E-state index contributed by atoms with van der Waals surface area (Å²) < 4.78 is 0. The van der Waals surface area contributed by atoms with Crippen molar-refractivity contribution >= 4 is 0 Å². The lowest BCUT2D eigenvalue weighted by Gasteiger charge is -1.98. The largest absolute Gasteiger partial charge is 0.327 e. The van der Waals surface area contributed by atoms with Gasteiger partial charge in [-0.2, -0.15) is 0 Å². The van der Waals surface area contributed by atoms with E-state index in [0.717, 1.165) is 5.92 Å². The summed E-state index contributed by atoms with van der Waals surface area (Å²) in [6.07, 6.45) is 5.80. The molecule has 0 heterocycles. The van der Waals surface area contributed by atoms with Gasteiger partial charge in [0.1, 0.15) is 0 Å². The normalized spacial score (nSPS) is 8.82. The Balaban J connectivity index is 0. The van der Waals surface area contributed by atoms with E-state index < -0.39 is 0 Å². The van der Waals surface area contributed by atoms with E-state index in [-0.39, 0.29) is 0 Å². The molecule has 0 saturated carbocycles. The standard InChI is InChI=1S/C7H16.C3H7N/c1-4-5-6-7(2)3;1-2-3-4/h7H,4-6H2,1-3H3;2H,1,3-4H2. The quantitative estimate of drug-likeness (QED) is 0.624. The van der Waals surface area contributed by atoms with Gasteiger partial charge in [-0.15, -0.1) is 6.58 Å². The summed E-state index contributed by atoms with van der Waals surface area (Å²) in [5.74, 6) is 0.903. The van der Waals surface area contributed by atoms with Gasteiger partial charge in [0.15, 0.2) is 0 Å². The lowest BCUT2D eigenvalue weighted by molar-refractivity contribution is 0.550. The van der Waals surface area contributed by atoms with Crippen molar-refractivity contribution in [2.45, 2.75) is 40.0 Å². The molecule has 0 aliphatic heterocycles. The SMILES string of the molecule is C=CCN.CCCCC(C)C. The van der Waals surface area contributed by atoms with E-state index in [2.05, 4.69) is 27.4 Å². The third kappa shape index (κ3) is 26.0. The maximum Gasteiger partial charge on any atom is 0.0104 e. The molecule has 0 unspecified atom stereocenters. The highest BCUT2D eigenvalue weighted by atomic mass is 14.5. The molecule has 11 heavy (non-hydrogen) atoms. The first-order chi connectivity index (χ1) is 5.18. The summed E-state index contributed by atoms with van der Waals surface area (Å²) in [5.41, 5.74) is 4.91. The molecule has 0 bridgehead atoms. The molecule has 0 rings (SSSR count). The van der Waals surface area contributed by atoms with Crippen LogP contribution in [0.3, 0.4) is 0 Å². The van der Waals surface area contributed by atoms with E-state index in [1.165, 1.54) is 19.3 Å². The molecule has 0 saturated heterocycles. The second kappa shape index (κ2) is 12.4.